The van der Waals surface area contributed by atoms with Crippen molar-refractivity contribution in [3.05, 3.63) is 52.9 Å². The van der Waals surface area contributed by atoms with Crippen LogP contribution in [0.5, 0.6) is 0 Å². The van der Waals surface area contributed by atoms with Crippen LogP contribution in [0.1, 0.15) is 23.9 Å². The second-order valence-electron chi connectivity index (χ2n) is 4.18. The van der Waals surface area contributed by atoms with Crippen molar-refractivity contribution < 1.29 is 8.78 Å². The summed E-state index contributed by atoms with van der Waals surface area (Å²) in [5.41, 5.74) is 3.56. The van der Waals surface area contributed by atoms with E-state index in [0.717, 1.165) is 23.9 Å². The monoisotopic (exact) mass is 235 g/mol. The van der Waals surface area contributed by atoms with Gasteiger partial charge in [0.1, 0.15) is 11.6 Å². The third kappa shape index (κ3) is 1.97. The summed E-state index contributed by atoms with van der Waals surface area (Å²) >= 11 is 0. The molecule has 0 atom stereocenters. The molecule has 0 N–H and O–H groups in total. The number of aryl methyl sites for hydroxylation is 2. The van der Waals surface area contributed by atoms with Crippen molar-refractivity contribution in [1.82, 2.24) is 4.57 Å². The minimum absolute atomic E-state index is 0.404. The number of hydrogen-bond acceptors (Lipinski definition) is 0. The molecule has 0 fully saturated rings. The van der Waals surface area contributed by atoms with Gasteiger partial charge in [-0.05, 0) is 44.0 Å². The Bertz CT molecular complexity index is 556. The lowest BCUT2D eigenvalue weighted by atomic mass is 10.2. The molecule has 0 aliphatic carbocycles. The van der Waals surface area contributed by atoms with Crippen LogP contribution in [0.4, 0.5) is 8.78 Å². The van der Waals surface area contributed by atoms with Crippen LogP contribution in [-0.4, -0.2) is 4.57 Å². The van der Waals surface area contributed by atoms with Crippen LogP contribution in [-0.2, 0) is 6.42 Å². The molecule has 0 spiro atoms. The molecule has 0 aliphatic rings. The molecule has 0 radical (unpaired) electrons. The van der Waals surface area contributed by atoms with Crippen molar-refractivity contribution in [3.8, 4) is 5.69 Å². The maximum Gasteiger partial charge on any atom is 0.150 e. The first-order chi connectivity index (χ1) is 8.04. The first-order valence-electron chi connectivity index (χ1n) is 5.67. The highest BCUT2D eigenvalue weighted by atomic mass is 19.1. The molecule has 0 saturated heterocycles. The van der Waals surface area contributed by atoms with Gasteiger partial charge in [-0.3, -0.25) is 0 Å². The predicted octanol–water partition coefficient (Wildman–Crippen LogP) is 3.93. The Morgan fingerprint density at radius 1 is 1.12 bits per heavy atom. The van der Waals surface area contributed by atoms with Gasteiger partial charge in [0.05, 0.1) is 5.69 Å². The molecule has 0 unspecified atom stereocenters. The first-order valence-corrected chi connectivity index (χ1v) is 5.67. The van der Waals surface area contributed by atoms with E-state index in [-0.39, 0.29) is 0 Å². The fourth-order valence-corrected chi connectivity index (χ4v) is 2.22. The van der Waals surface area contributed by atoms with Crippen LogP contribution < -0.4 is 0 Å². The van der Waals surface area contributed by atoms with Gasteiger partial charge in [-0.15, -0.1) is 0 Å². The summed E-state index contributed by atoms with van der Waals surface area (Å²) < 4.78 is 28.5. The van der Waals surface area contributed by atoms with Crippen molar-refractivity contribution >= 4 is 0 Å². The van der Waals surface area contributed by atoms with E-state index in [1.165, 1.54) is 17.7 Å². The molecule has 0 bridgehead atoms. The lowest BCUT2D eigenvalue weighted by molar-refractivity contribution is 0.576. The molecule has 0 saturated carbocycles. The van der Waals surface area contributed by atoms with Gasteiger partial charge in [-0.25, -0.2) is 8.78 Å². The highest BCUT2D eigenvalue weighted by molar-refractivity contribution is 5.42. The third-order valence-corrected chi connectivity index (χ3v) is 3.07. The largest absolute Gasteiger partial charge is 0.316 e. The van der Waals surface area contributed by atoms with Crippen molar-refractivity contribution in [1.29, 1.82) is 0 Å². The number of rotatable bonds is 2. The van der Waals surface area contributed by atoms with E-state index >= 15 is 0 Å². The third-order valence-electron chi connectivity index (χ3n) is 3.07. The molecule has 90 valence electrons. The van der Waals surface area contributed by atoms with Crippen LogP contribution in [0, 0.1) is 25.5 Å². The summed E-state index contributed by atoms with van der Waals surface area (Å²) in [4.78, 5) is 0. The molecule has 2 rings (SSSR count). The summed E-state index contributed by atoms with van der Waals surface area (Å²) in [7, 11) is 0. The molecule has 1 heterocycles. The average Bonchev–Trinajstić information content (AvgIpc) is 2.55. The van der Waals surface area contributed by atoms with Crippen molar-refractivity contribution in [3.63, 3.8) is 0 Å². The number of benzene rings is 1. The lowest BCUT2D eigenvalue weighted by Gasteiger charge is -2.11. The highest BCUT2D eigenvalue weighted by Gasteiger charge is 2.13. The number of aromatic nitrogens is 1. The normalized spacial score (nSPS) is 10.9. The quantitative estimate of drug-likeness (QED) is 0.743. The Hall–Kier alpha value is -1.64. The second-order valence-corrected chi connectivity index (χ2v) is 4.18. The van der Waals surface area contributed by atoms with Gasteiger partial charge in [0, 0.05) is 17.5 Å². The van der Waals surface area contributed by atoms with E-state index < -0.39 is 11.6 Å². The fraction of sp³-hybridized carbons (Fsp3) is 0.286. The van der Waals surface area contributed by atoms with Crippen LogP contribution in [0.2, 0.25) is 0 Å². The van der Waals surface area contributed by atoms with E-state index in [1.807, 2.05) is 24.5 Å². The SMILES string of the molecule is CCc1cc(C)n(-c2ccc(F)cc2F)c1C. The maximum atomic E-state index is 13.7. The van der Waals surface area contributed by atoms with E-state index in [2.05, 4.69) is 6.92 Å². The summed E-state index contributed by atoms with van der Waals surface area (Å²) in [5, 5.41) is 0. The summed E-state index contributed by atoms with van der Waals surface area (Å²) in [6.07, 6.45) is 0.905. The second kappa shape index (κ2) is 4.32. The van der Waals surface area contributed by atoms with Crippen molar-refractivity contribution in [2.75, 3.05) is 0 Å². The summed E-state index contributed by atoms with van der Waals surface area (Å²) in [6.45, 7) is 5.94. The minimum Gasteiger partial charge on any atom is -0.316 e. The van der Waals surface area contributed by atoms with Crippen LogP contribution in [0.15, 0.2) is 24.3 Å². The molecule has 0 amide bonds. The predicted molar refractivity (Wildman–Crippen MR) is 64.5 cm³/mol. The van der Waals surface area contributed by atoms with E-state index in [4.69, 9.17) is 0 Å². The standard InChI is InChI=1S/C14H15F2N/c1-4-11-7-9(2)17(10(11)3)14-6-5-12(15)8-13(14)16/h5-8H,4H2,1-3H3. The molecule has 1 aromatic heterocycles. The van der Waals surface area contributed by atoms with Gasteiger partial charge in [-0.1, -0.05) is 6.92 Å². The van der Waals surface area contributed by atoms with Gasteiger partial charge in [0.2, 0.25) is 0 Å². The summed E-state index contributed by atoms with van der Waals surface area (Å²) in [5.74, 6) is -1.08. The van der Waals surface area contributed by atoms with Crippen LogP contribution in [0.3, 0.4) is 0 Å². The molecule has 17 heavy (non-hydrogen) atoms. The first kappa shape index (κ1) is 11.8. The van der Waals surface area contributed by atoms with Gasteiger partial charge in [0.25, 0.3) is 0 Å². The van der Waals surface area contributed by atoms with Gasteiger partial charge >= 0.3 is 0 Å². The molecule has 1 nitrogen and oxygen atoms in total. The molecule has 2 aromatic rings. The molecule has 1 aromatic carbocycles. The van der Waals surface area contributed by atoms with Crippen molar-refractivity contribution in [2.24, 2.45) is 0 Å². The van der Waals surface area contributed by atoms with Crippen molar-refractivity contribution in [2.45, 2.75) is 27.2 Å². The highest BCUT2D eigenvalue weighted by Crippen LogP contribution is 2.23. The Kier molecular flexibility index (Phi) is 3.01. The van der Waals surface area contributed by atoms with E-state index in [1.54, 1.807) is 0 Å². The maximum absolute atomic E-state index is 13.7. The van der Waals surface area contributed by atoms with Gasteiger partial charge < -0.3 is 4.57 Å². The number of hydrogen-bond donors (Lipinski definition) is 0. The minimum atomic E-state index is -0.551. The topological polar surface area (TPSA) is 4.93 Å². The van der Waals surface area contributed by atoms with E-state index in [0.29, 0.717) is 5.69 Å². The number of halogens is 2. The number of nitrogens with zero attached hydrogens (tertiary/aromatic N) is 1. The molecule has 0 aliphatic heterocycles. The zero-order valence-electron chi connectivity index (χ0n) is 10.2. The smallest absolute Gasteiger partial charge is 0.150 e. The fourth-order valence-electron chi connectivity index (χ4n) is 2.22. The Labute approximate surface area is 99.7 Å². The lowest BCUT2D eigenvalue weighted by Crippen LogP contribution is -2.02. The Balaban J connectivity index is 2.64. The van der Waals surface area contributed by atoms with E-state index in [9.17, 15) is 8.78 Å². The Morgan fingerprint density at radius 2 is 1.82 bits per heavy atom. The van der Waals surface area contributed by atoms with Gasteiger partial charge in [0.15, 0.2) is 0 Å². The zero-order chi connectivity index (χ0) is 12.6. The molecular weight excluding hydrogens is 220 g/mol. The van der Waals surface area contributed by atoms with Gasteiger partial charge in [-0.2, -0.15) is 0 Å². The molecule has 3 heteroatoms. The summed E-state index contributed by atoms with van der Waals surface area (Å²) in [6, 6.07) is 5.71. The van der Waals surface area contributed by atoms with Crippen LogP contribution in [0.25, 0.3) is 5.69 Å². The average molecular weight is 235 g/mol. The Morgan fingerprint density at radius 3 is 2.35 bits per heavy atom. The van der Waals surface area contributed by atoms with Crippen LogP contribution >= 0.6 is 0 Å². The molecular formula is C14H15F2N. The zero-order valence-corrected chi connectivity index (χ0v) is 10.2.